The highest BCUT2D eigenvalue weighted by Crippen LogP contribution is 2.13. The molecule has 0 saturated carbocycles. The van der Waals surface area contributed by atoms with Gasteiger partial charge in [0.15, 0.2) is 0 Å². The van der Waals surface area contributed by atoms with Gasteiger partial charge in [0.05, 0.1) is 5.75 Å². The van der Waals surface area contributed by atoms with Crippen molar-refractivity contribution in [1.29, 1.82) is 0 Å². The maximum absolute atomic E-state index is 11.5. The van der Waals surface area contributed by atoms with Crippen LogP contribution in [0.2, 0.25) is 0 Å². The predicted octanol–water partition coefficient (Wildman–Crippen LogP) is 2.11. The van der Waals surface area contributed by atoms with Crippen molar-refractivity contribution in [3.63, 3.8) is 0 Å². The summed E-state index contributed by atoms with van der Waals surface area (Å²) in [5, 5.41) is 2.84. The summed E-state index contributed by atoms with van der Waals surface area (Å²) in [5.41, 5.74) is 7.95. The molecular formula is C13H21ClN2OS. The largest absolute Gasteiger partial charge is 0.352 e. The lowest BCUT2D eigenvalue weighted by Gasteiger charge is -2.10. The number of nitrogens with one attached hydrogen (secondary N) is 1. The van der Waals surface area contributed by atoms with E-state index in [1.165, 1.54) is 11.1 Å². The van der Waals surface area contributed by atoms with Gasteiger partial charge >= 0.3 is 0 Å². The van der Waals surface area contributed by atoms with Crippen molar-refractivity contribution in [3.05, 3.63) is 35.4 Å². The average molecular weight is 289 g/mol. The van der Waals surface area contributed by atoms with E-state index in [9.17, 15) is 4.79 Å². The SMILES string of the molecule is Cc1cccc(CSCC(=O)N[C@@H](C)CN)c1.Cl. The molecular weight excluding hydrogens is 268 g/mol. The summed E-state index contributed by atoms with van der Waals surface area (Å²) in [6.45, 7) is 4.46. The topological polar surface area (TPSA) is 55.1 Å². The standard InChI is InChI=1S/C13H20N2OS.ClH/c1-10-4-3-5-12(6-10)8-17-9-13(16)15-11(2)7-14;/h3-6,11H,7-9,14H2,1-2H3,(H,15,16);1H/t11-;/m0./s1. The normalized spacial score (nSPS) is 11.5. The van der Waals surface area contributed by atoms with Gasteiger partial charge < -0.3 is 11.1 Å². The monoisotopic (exact) mass is 288 g/mol. The minimum atomic E-state index is 0. The van der Waals surface area contributed by atoms with Gasteiger partial charge in [-0.1, -0.05) is 29.8 Å². The third-order valence-electron chi connectivity index (χ3n) is 2.35. The number of amides is 1. The first-order valence-electron chi connectivity index (χ1n) is 5.74. The van der Waals surface area contributed by atoms with E-state index in [-0.39, 0.29) is 24.4 Å². The Morgan fingerprint density at radius 2 is 2.22 bits per heavy atom. The van der Waals surface area contributed by atoms with E-state index in [1.807, 2.05) is 13.0 Å². The minimum Gasteiger partial charge on any atom is -0.352 e. The molecule has 0 spiro atoms. The fourth-order valence-electron chi connectivity index (χ4n) is 1.44. The molecule has 102 valence electrons. The van der Waals surface area contributed by atoms with Crippen molar-refractivity contribution in [2.75, 3.05) is 12.3 Å². The van der Waals surface area contributed by atoms with E-state index in [1.54, 1.807) is 11.8 Å². The summed E-state index contributed by atoms with van der Waals surface area (Å²) >= 11 is 1.62. The van der Waals surface area contributed by atoms with Crippen molar-refractivity contribution in [1.82, 2.24) is 5.32 Å². The second kappa shape index (κ2) is 9.25. The van der Waals surface area contributed by atoms with Crippen molar-refractivity contribution >= 4 is 30.1 Å². The maximum Gasteiger partial charge on any atom is 0.230 e. The molecule has 1 aromatic rings. The van der Waals surface area contributed by atoms with E-state index in [2.05, 4.69) is 30.4 Å². The number of thioether (sulfide) groups is 1. The number of carbonyl (C=O) groups excluding carboxylic acids is 1. The van der Waals surface area contributed by atoms with Crippen molar-refractivity contribution < 1.29 is 4.79 Å². The molecule has 0 aliphatic carbocycles. The number of nitrogens with two attached hydrogens (primary N) is 1. The van der Waals surface area contributed by atoms with Crippen LogP contribution in [0.5, 0.6) is 0 Å². The lowest BCUT2D eigenvalue weighted by Crippen LogP contribution is -2.38. The number of carbonyl (C=O) groups is 1. The van der Waals surface area contributed by atoms with Crippen LogP contribution in [0.4, 0.5) is 0 Å². The lowest BCUT2D eigenvalue weighted by molar-refractivity contribution is -0.119. The van der Waals surface area contributed by atoms with E-state index >= 15 is 0 Å². The molecule has 5 heteroatoms. The predicted molar refractivity (Wildman–Crippen MR) is 81.2 cm³/mol. The smallest absolute Gasteiger partial charge is 0.230 e. The molecule has 1 rings (SSSR count). The second-order valence-electron chi connectivity index (χ2n) is 4.19. The zero-order valence-electron chi connectivity index (χ0n) is 10.8. The van der Waals surface area contributed by atoms with Gasteiger partial charge in [-0.25, -0.2) is 0 Å². The molecule has 0 radical (unpaired) electrons. The van der Waals surface area contributed by atoms with Crippen LogP contribution >= 0.6 is 24.2 Å². The Bertz CT molecular complexity index is 374. The molecule has 0 fully saturated rings. The van der Waals surface area contributed by atoms with E-state index < -0.39 is 0 Å². The van der Waals surface area contributed by atoms with Crippen LogP contribution in [0.1, 0.15) is 18.1 Å². The van der Waals surface area contributed by atoms with Gasteiger partial charge in [0, 0.05) is 18.3 Å². The number of aryl methyl sites for hydroxylation is 1. The Balaban J connectivity index is 0.00000289. The van der Waals surface area contributed by atoms with Crippen LogP contribution in [0.15, 0.2) is 24.3 Å². The van der Waals surface area contributed by atoms with Crippen LogP contribution in [0.25, 0.3) is 0 Å². The zero-order chi connectivity index (χ0) is 12.7. The summed E-state index contributed by atoms with van der Waals surface area (Å²) in [6.07, 6.45) is 0. The third kappa shape index (κ3) is 6.89. The number of rotatable bonds is 6. The molecule has 1 aromatic carbocycles. The average Bonchev–Trinajstić information content (AvgIpc) is 2.29. The summed E-state index contributed by atoms with van der Waals surface area (Å²) in [4.78, 5) is 11.5. The molecule has 0 aromatic heterocycles. The number of hydrogen-bond acceptors (Lipinski definition) is 3. The summed E-state index contributed by atoms with van der Waals surface area (Å²) < 4.78 is 0. The van der Waals surface area contributed by atoms with E-state index in [0.29, 0.717) is 12.3 Å². The van der Waals surface area contributed by atoms with Crippen LogP contribution in [-0.2, 0) is 10.5 Å². The van der Waals surface area contributed by atoms with Gasteiger partial charge in [0.2, 0.25) is 5.91 Å². The molecule has 18 heavy (non-hydrogen) atoms. The summed E-state index contributed by atoms with van der Waals surface area (Å²) in [7, 11) is 0. The highest BCUT2D eigenvalue weighted by atomic mass is 35.5. The first kappa shape index (κ1) is 17.3. The van der Waals surface area contributed by atoms with Gasteiger partial charge in [-0.2, -0.15) is 0 Å². The fourth-order valence-corrected chi connectivity index (χ4v) is 2.22. The van der Waals surface area contributed by atoms with Crippen LogP contribution < -0.4 is 11.1 Å². The second-order valence-corrected chi connectivity index (χ2v) is 5.17. The molecule has 1 amide bonds. The number of hydrogen-bond donors (Lipinski definition) is 2. The van der Waals surface area contributed by atoms with Crippen LogP contribution in [-0.4, -0.2) is 24.2 Å². The number of benzene rings is 1. The zero-order valence-corrected chi connectivity index (χ0v) is 12.4. The summed E-state index contributed by atoms with van der Waals surface area (Å²) in [6, 6.07) is 8.40. The molecule has 0 heterocycles. The van der Waals surface area contributed by atoms with Gasteiger partial charge in [0.1, 0.15) is 0 Å². The van der Waals surface area contributed by atoms with Crippen molar-refractivity contribution in [2.45, 2.75) is 25.6 Å². The van der Waals surface area contributed by atoms with E-state index in [4.69, 9.17) is 5.73 Å². The quantitative estimate of drug-likeness (QED) is 0.843. The van der Waals surface area contributed by atoms with Crippen LogP contribution in [0, 0.1) is 6.92 Å². The van der Waals surface area contributed by atoms with Crippen molar-refractivity contribution in [2.24, 2.45) is 5.73 Å². The Labute approximate surface area is 119 Å². The first-order chi connectivity index (χ1) is 8.11. The van der Waals surface area contributed by atoms with Gasteiger partial charge in [0.25, 0.3) is 0 Å². The Hall–Kier alpha value is -0.710. The van der Waals surface area contributed by atoms with Crippen molar-refractivity contribution in [3.8, 4) is 0 Å². The van der Waals surface area contributed by atoms with Gasteiger partial charge in [-0.05, 0) is 19.4 Å². The molecule has 0 aliphatic rings. The molecule has 0 saturated heterocycles. The van der Waals surface area contributed by atoms with Gasteiger partial charge in [-0.3, -0.25) is 4.79 Å². The minimum absolute atomic E-state index is 0. The maximum atomic E-state index is 11.5. The highest BCUT2D eigenvalue weighted by molar-refractivity contribution is 7.99. The fraction of sp³-hybridized carbons (Fsp3) is 0.462. The van der Waals surface area contributed by atoms with Gasteiger partial charge in [-0.15, -0.1) is 24.2 Å². The lowest BCUT2D eigenvalue weighted by atomic mass is 10.2. The Kier molecular flexibility index (Phi) is 8.89. The molecule has 3 N–H and O–H groups in total. The third-order valence-corrected chi connectivity index (χ3v) is 3.35. The Morgan fingerprint density at radius 3 is 2.83 bits per heavy atom. The first-order valence-corrected chi connectivity index (χ1v) is 6.90. The summed E-state index contributed by atoms with van der Waals surface area (Å²) in [5.74, 6) is 1.41. The molecule has 1 atom stereocenters. The number of halogens is 1. The Morgan fingerprint density at radius 1 is 1.50 bits per heavy atom. The molecule has 0 unspecified atom stereocenters. The van der Waals surface area contributed by atoms with Crippen LogP contribution in [0.3, 0.4) is 0 Å². The highest BCUT2D eigenvalue weighted by Gasteiger charge is 2.05. The van der Waals surface area contributed by atoms with E-state index in [0.717, 1.165) is 5.75 Å². The molecule has 3 nitrogen and oxygen atoms in total. The molecule has 0 aliphatic heterocycles. The molecule has 0 bridgehead atoms.